The van der Waals surface area contributed by atoms with Gasteiger partial charge in [-0.2, -0.15) is 0 Å². The molecule has 0 amide bonds. The van der Waals surface area contributed by atoms with Crippen LogP contribution in [0.3, 0.4) is 0 Å². The first-order valence-corrected chi connectivity index (χ1v) is 13.4. The van der Waals surface area contributed by atoms with Gasteiger partial charge < -0.3 is 14.5 Å². The molecule has 2 aromatic carbocycles. The van der Waals surface area contributed by atoms with Gasteiger partial charge in [-0.25, -0.2) is 4.79 Å². The van der Waals surface area contributed by atoms with Gasteiger partial charge in [0.2, 0.25) is 0 Å². The molecule has 7 heteroatoms. The Hall–Kier alpha value is -4.23. The van der Waals surface area contributed by atoms with Gasteiger partial charge in [-0.05, 0) is 42.5 Å². The molecule has 0 fully saturated rings. The number of para-hydroxylation sites is 1. The minimum absolute atomic E-state index is 0.0433. The van der Waals surface area contributed by atoms with Crippen LogP contribution in [0.2, 0.25) is 0 Å². The standard InChI is InChI=1S/C31H25NO5S/c1-18-27(31(35)37-16-19-8-3-2-4-9-19)28(22-17-36-25-11-6-5-10-21(25)30(22)34)29-23(32-18)14-20(15-24(29)33)26-12-7-13-38-26/h2-13,17,20,28,32H,14-16H2,1H3. The van der Waals surface area contributed by atoms with Crippen molar-refractivity contribution in [1.29, 1.82) is 0 Å². The summed E-state index contributed by atoms with van der Waals surface area (Å²) in [5.41, 5.74) is 3.30. The highest BCUT2D eigenvalue weighted by Crippen LogP contribution is 2.46. The van der Waals surface area contributed by atoms with E-state index in [9.17, 15) is 14.4 Å². The first-order valence-electron chi connectivity index (χ1n) is 12.5. The third kappa shape index (κ3) is 4.29. The van der Waals surface area contributed by atoms with Gasteiger partial charge in [0.1, 0.15) is 12.2 Å². The fourth-order valence-electron chi connectivity index (χ4n) is 5.44. The summed E-state index contributed by atoms with van der Waals surface area (Å²) in [7, 11) is 0. The van der Waals surface area contributed by atoms with Crippen molar-refractivity contribution in [3.8, 4) is 0 Å². The van der Waals surface area contributed by atoms with Gasteiger partial charge in [-0.3, -0.25) is 9.59 Å². The molecule has 2 unspecified atom stereocenters. The largest absolute Gasteiger partial charge is 0.464 e. The third-order valence-electron chi connectivity index (χ3n) is 7.22. The van der Waals surface area contributed by atoms with Crippen molar-refractivity contribution in [3.63, 3.8) is 0 Å². The van der Waals surface area contributed by atoms with E-state index >= 15 is 0 Å². The Morgan fingerprint density at radius 2 is 1.82 bits per heavy atom. The van der Waals surface area contributed by atoms with E-state index in [1.165, 1.54) is 6.26 Å². The van der Waals surface area contributed by atoms with E-state index in [1.807, 2.05) is 47.8 Å². The molecule has 1 aliphatic heterocycles. The molecule has 1 N–H and O–H groups in total. The summed E-state index contributed by atoms with van der Waals surface area (Å²) in [4.78, 5) is 42.2. The molecule has 0 bridgehead atoms. The van der Waals surface area contributed by atoms with E-state index in [2.05, 4.69) is 5.32 Å². The number of hydrogen-bond acceptors (Lipinski definition) is 7. The molecule has 0 saturated carbocycles. The fraction of sp³-hybridized carbons (Fsp3) is 0.194. The third-order valence-corrected chi connectivity index (χ3v) is 8.26. The Morgan fingerprint density at radius 3 is 2.61 bits per heavy atom. The normalized spacial score (nSPS) is 19.3. The highest BCUT2D eigenvalue weighted by molar-refractivity contribution is 7.10. The van der Waals surface area contributed by atoms with Crippen molar-refractivity contribution >= 4 is 34.1 Å². The average Bonchev–Trinajstić information content (AvgIpc) is 3.47. The van der Waals surface area contributed by atoms with Gasteiger partial charge >= 0.3 is 5.97 Å². The molecule has 3 heterocycles. The lowest BCUT2D eigenvalue weighted by atomic mass is 9.73. The van der Waals surface area contributed by atoms with Gasteiger partial charge in [-0.15, -0.1) is 11.3 Å². The van der Waals surface area contributed by atoms with Crippen molar-refractivity contribution in [1.82, 2.24) is 5.32 Å². The van der Waals surface area contributed by atoms with Crippen LogP contribution in [0.25, 0.3) is 11.0 Å². The first kappa shape index (κ1) is 24.1. The minimum atomic E-state index is -0.882. The van der Waals surface area contributed by atoms with Crippen molar-refractivity contribution in [2.45, 2.75) is 38.2 Å². The molecular weight excluding hydrogens is 498 g/mol. The maximum Gasteiger partial charge on any atom is 0.337 e. The monoisotopic (exact) mass is 523 g/mol. The summed E-state index contributed by atoms with van der Waals surface area (Å²) >= 11 is 1.63. The van der Waals surface area contributed by atoms with Crippen molar-refractivity contribution < 1.29 is 18.7 Å². The van der Waals surface area contributed by atoms with Crippen molar-refractivity contribution in [3.05, 3.63) is 127 Å². The van der Waals surface area contributed by atoms with Crippen LogP contribution in [0.5, 0.6) is 0 Å². The topological polar surface area (TPSA) is 85.6 Å². The highest BCUT2D eigenvalue weighted by Gasteiger charge is 2.43. The second-order valence-corrected chi connectivity index (χ2v) is 10.6. The summed E-state index contributed by atoms with van der Waals surface area (Å²) in [5.74, 6) is -1.50. The smallest absolute Gasteiger partial charge is 0.337 e. The molecule has 6 rings (SSSR count). The average molecular weight is 524 g/mol. The Balaban J connectivity index is 1.45. The van der Waals surface area contributed by atoms with Crippen LogP contribution in [-0.4, -0.2) is 11.8 Å². The van der Waals surface area contributed by atoms with Crippen LogP contribution in [0.1, 0.15) is 47.6 Å². The van der Waals surface area contributed by atoms with Crippen LogP contribution >= 0.6 is 11.3 Å². The zero-order valence-corrected chi connectivity index (χ0v) is 21.5. The maximum absolute atomic E-state index is 13.7. The number of hydrogen-bond donors (Lipinski definition) is 1. The summed E-state index contributed by atoms with van der Waals surface area (Å²) in [6.45, 7) is 1.87. The quantitative estimate of drug-likeness (QED) is 0.325. The number of ketones is 1. The second-order valence-electron chi connectivity index (χ2n) is 9.61. The van der Waals surface area contributed by atoms with Gasteiger partial charge in [-0.1, -0.05) is 48.5 Å². The van der Waals surface area contributed by atoms with Crippen LogP contribution in [0.4, 0.5) is 0 Å². The predicted molar refractivity (Wildman–Crippen MR) is 146 cm³/mol. The van der Waals surface area contributed by atoms with E-state index in [0.717, 1.165) is 16.1 Å². The number of nitrogens with one attached hydrogen (secondary N) is 1. The number of Topliss-reactive ketones (excluding diaryl/α,β-unsaturated/α-hetero) is 1. The molecular formula is C31H25NO5S. The summed E-state index contributed by atoms with van der Waals surface area (Å²) in [5, 5.41) is 5.75. The molecule has 6 nitrogen and oxygen atoms in total. The van der Waals surface area contributed by atoms with Gasteiger partial charge in [0.05, 0.1) is 23.1 Å². The number of allylic oxidation sites excluding steroid dienone is 3. The summed E-state index contributed by atoms with van der Waals surface area (Å²) in [6, 6.07) is 20.4. The van der Waals surface area contributed by atoms with Crippen LogP contribution in [0, 0.1) is 0 Å². The number of fused-ring (bicyclic) bond motifs is 1. The molecule has 0 spiro atoms. The lowest BCUT2D eigenvalue weighted by Crippen LogP contribution is -2.37. The van der Waals surface area contributed by atoms with Gasteiger partial charge in [0.25, 0.3) is 0 Å². The SMILES string of the molecule is CC1=C(C(=O)OCc2ccccc2)C(c2coc3ccccc3c2=O)C2=C(CC(c3cccs3)CC2=O)N1. The Bertz CT molecular complexity index is 1660. The first-order chi connectivity index (χ1) is 18.5. The predicted octanol–water partition coefficient (Wildman–Crippen LogP) is 5.96. The summed E-state index contributed by atoms with van der Waals surface area (Å²) in [6.07, 6.45) is 2.31. The zero-order valence-electron chi connectivity index (χ0n) is 20.7. The lowest BCUT2D eigenvalue weighted by Gasteiger charge is -2.36. The number of ether oxygens (including phenoxy) is 1. The molecule has 38 heavy (non-hydrogen) atoms. The lowest BCUT2D eigenvalue weighted by molar-refractivity contribution is -0.140. The molecule has 1 aliphatic carbocycles. The number of dihydropyridines is 1. The minimum Gasteiger partial charge on any atom is -0.464 e. The molecule has 4 aromatic rings. The van der Waals surface area contributed by atoms with Crippen LogP contribution in [0.15, 0.2) is 110 Å². The second kappa shape index (κ2) is 9.91. The number of thiophene rings is 1. The zero-order chi connectivity index (χ0) is 26.2. The molecule has 2 atom stereocenters. The van der Waals surface area contributed by atoms with Crippen LogP contribution < -0.4 is 10.7 Å². The fourth-order valence-corrected chi connectivity index (χ4v) is 6.27. The van der Waals surface area contributed by atoms with Crippen molar-refractivity contribution in [2.75, 3.05) is 0 Å². The Kier molecular flexibility index (Phi) is 6.29. The highest BCUT2D eigenvalue weighted by atomic mass is 32.1. The van der Waals surface area contributed by atoms with Crippen molar-refractivity contribution in [2.24, 2.45) is 0 Å². The van der Waals surface area contributed by atoms with E-state index < -0.39 is 11.9 Å². The molecule has 0 radical (unpaired) electrons. The van der Waals surface area contributed by atoms with E-state index in [4.69, 9.17) is 9.15 Å². The number of benzene rings is 2. The van der Waals surface area contributed by atoms with Gasteiger partial charge in [0.15, 0.2) is 11.2 Å². The molecule has 2 aromatic heterocycles. The van der Waals surface area contributed by atoms with E-state index in [0.29, 0.717) is 35.1 Å². The Morgan fingerprint density at radius 1 is 1.03 bits per heavy atom. The number of rotatable bonds is 5. The molecule has 0 saturated heterocycles. The van der Waals surface area contributed by atoms with E-state index in [1.54, 1.807) is 42.5 Å². The number of esters is 1. The molecule has 190 valence electrons. The summed E-state index contributed by atoms with van der Waals surface area (Å²) < 4.78 is 11.5. The number of carbonyl (C=O) groups excluding carboxylic acids is 2. The van der Waals surface area contributed by atoms with Crippen LogP contribution in [-0.2, 0) is 20.9 Å². The Labute approximate surface area is 223 Å². The van der Waals surface area contributed by atoms with E-state index in [-0.39, 0.29) is 34.9 Å². The van der Waals surface area contributed by atoms with Gasteiger partial charge in [0, 0.05) is 39.7 Å². The molecule has 2 aliphatic rings. The number of carbonyl (C=O) groups is 2. The maximum atomic E-state index is 13.7.